The number of methoxy groups -OCH3 is 1. The predicted molar refractivity (Wildman–Crippen MR) is 128 cm³/mol. The largest absolute Gasteiger partial charge is 0.497 e. The Morgan fingerprint density at radius 1 is 0.909 bits per heavy atom. The lowest BCUT2D eigenvalue weighted by molar-refractivity contribution is -0.139. The smallest absolute Gasteiger partial charge is 0.240 e. The molecule has 0 aliphatic carbocycles. The minimum atomic E-state index is -0.309. The molecule has 1 amide bonds. The third-order valence-corrected chi connectivity index (χ3v) is 6.13. The maximum atomic E-state index is 13.8. The molecule has 4 nitrogen and oxygen atoms in total. The van der Waals surface area contributed by atoms with E-state index in [-0.39, 0.29) is 23.8 Å². The van der Waals surface area contributed by atoms with Crippen LogP contribution >= 0.6 is 0 Å². The lowest BCUT2D eigenvalue weighted by Crippen LogP contribution is -2.48. The number of carbonyl (C=O) groups is 1. The van der Waals surface area contributed by atoms with Crippen LogP contribution in [0.15, 0.2) is 91.0 Å². The molecule has 1 aliphatic heterocycles. The summed E-state index contributed by atoms with van der Waals surface area (Å²) in [6.07, 6.45) is 4.23. The van der Waals surface area contributed by atoms with Crippen LogP contribution in [0.1, 0.15) is 29.7 Å². The second-order valence-corrected chi connectivity index (χ2v) is 8.33. The van der Waals surface area contributed by atoms with Gasteiger partial charge in [-0.25, -0.2) is 4.39 Å². The van der Waals surface area contributed by atoms with Gasteiger partial charge in [-0.05, 0) is 47.9 Å². The first-order chi connectivity index (χ1) is 16.0. The molecule has 0 saturated carbocycles. The minimum absolute atomic E-state index is 0.0421. The molecular formula is C28H29FN2O2. The van der Waals surface area contributed by atoms with E-state index in [1.165, 1.54) is 17.7 Å². The number of nitrogens with zero attached hydrogens (tertiary/aromatic N) is 2. The number of rotatable bonds is 6. The van der Waals surface area contributed by atoms with Gasteiger partial charge in [0, 0.05) is 19.6 Å². The molecule has 0 bridgehead atoms. The van der Waals surface area contributed by atoms with E-state index in [0.717, 1.165) is 16.9 Å². The predicted octanol–water partition coefficient (Wildman–Crippen LogP) is 5.36. The first kappa shape index (κ1) is 22.7. The summed E-state index contributed by atoms with van der Waals surface area (Å²) in [4.78, 5) is 17.9. The van der Waals surface area contributed by atoms with E-state index in [0.29, 0.717) is 19.6 Å². The van der Waals surface area contributed by atoms with E-state index < -0.39 is 0 Å². The van der Waals surface area contributed by atoms with Gasteiger partial charge in [0.1, 0.15) is 11.6 Å². The monoisotopic (exact) mass is 444 g/mol. The number of carbonyl (C=O) groups excluding carboxylic acids is 1. The first-order valence-corrected chi connectivity index (χ1v) is 11.2. The van der Waals surface area contributed by atoms with Crippen molar-refractivity contribution < 1.29 is 13.9 Å². The van der Waals surface area contributed by atoms with Gasteiger partial charge >= 0.3 is 0 Å². The van der Waals surface area contributed by atoms with Crippen molar-refractivity contribution in [1.82, 2.24) is 9.80 Å². The van der Waals surface area contributed by atoms with Crippen molar-refractivity contribution in [3.63, 3.8) is 0 Å². The number of hydrogen-bond acceptors (Lipinski definition) is 3. The van der Waals surface area contributed by atoms with Crippen molar-refractivity contribution in [1.29, 1.82) is 0 Å². The maximum absolute atomic E-state index is 13.8. The van der Waals surface area contributed by atoms with Crippen molar-refractivity contribution in [3.8, 4) is 5.75 Å². The molecule has 1 heterocycles. The van der Waals surface area contributed by atoms with Crippen LogP contribution < -0.4 is 4.74 Å². The summed E-state index contributed by atoms with van der Waals surface area (Å²) < 4.78 is 18.8. The minimum Gasteiger partial charge on any atom is -0.497 e. The zero-order valence-electron chi connectivity index (χ0n) is 19.0. The van der Waals surface area contributed by atoms with Gasteiger partial charge in [-0.3, -0.25) is 9.69 Å². The van der Waals surface area contributed by atoms with Crippen molar-refractivity contribution in [2.45, 2.75) is 32.1 Å². The van der Waals surface area contributed by atoms with Crippen LogP contribution in [0.4, 0.5) is 4.39 Å². The number of hydrogen-bond donors (Lipinski definition) is 0. The van der Waals surface area contributed by atoms with E-state index in [9.17, 15) is 9.18 Å². The number of ether oxygens (including phenoxy) is 1. The highest BCUT2D eigenvalue weighted by Crippen LogP contribution is 2.29. The van der Waals surface area contributed by atoms with Crippen molar-refractivity contribution in [2.24, 2.45) is 0 Å². The van der Waals surface area contributed by atoms with Crippen molar-refractivity contribution in [3.05, 3.63) is 114 Å². The maximum Gasteiger partial charge on any atom is 0.240 e. The summed E-state index contributed by atoms with van der Waals surface area (Å²) >= 11 is 0. The topological polar surface area (TPSA) is 32.8 Å². The van der Waals surface area contributed by atoms with Crippen LogP contribution in [0.5, 0.6) is 5.75 Å². The highest BCUT2D eigenvalue weighted by molar-refractivity contribution is 5.82. The Hall–Kier alpha value is -3.44. The van der Waals surface area contributed by atoms with Crippen LogP contribution in [-0.2, 0) is 17.9 Å². The van der Waals surface area contributed by atoms with Crippen LogP contribution in [0.3, 0.4) is 0 Å². The standard InChI is InChI=1S/C28H29FN2O2/c1-21-28(32)31(20-23-10-14-25(29)15-11-23)27(24-12-16-26(33-2)17-13-24)9-6-18-30(21)19-22-7-4-3-5-8-22/h3-17,21,27H,18-20H2,1-2H3/b9-6-. The molecular weight excluding hydrogens is 415 g/mol. The van der Waals surface area contributed by atoms with Crippen molar-refractivity contribution >= 4 is 5.91 Å². The molecule has 3 aromatic rings. The number of benzene rings is 3. The average molecular weight is 445 g/mol. The molecule has 33 heavy (non-hydrogen) atoms. The Morgan fingerprint density at radius 3 is 2.24 bits per heavy atom. The van der Waals surface area contributed by atoms with Gasteiger partial charge < -0.3 is 9.64 Å². The number of halogens is 1. The highest BCUT2D eigenvalue weighted by atomic mass is 19.1. The molecule has 2 unspecified atom stereocenters. The van der Waals surface area contributed by atoms with Gasteiger partial charge in [0.2, 0.25) is 5.91 Å². The normalized spacial score (nSPS) is 20.2. The second kappa shape index (κ2) is 10.5. The molecule has 170 valence electrons. The van der Waals surface area contributed by atoms with Crippen LogP contribution in [0, 0.1) is 5.82 Å². The van der Waals surface area contributed by atoms with Crippen LogP contribution in [0.2, 0.25) is 0 Å². The molecule has 0 fully saturated rings. The van der Waals surface area contributed by atoms with Gasteiger partial charge in [-0.2, -0.15) is 0 Å². The molecule has 4 rings (SSSR count). The SMILES string of the molecule is COc1ccc(C2/C=C\CN(Cc3ccccc3)C(C)C(=O)N2Cc2ccc(F)cc2)cc1. The van der Waals surface area contributed by atoms with E-state index in [4.69, 9.17) is 4.74 Å². The van der Waals surface area contributed by atoms with E-state index in [2.05, 4.69) is 29.2 Å². The Morgan fingerprint density at radius 2 is 1.58 bits per heavy atom. The zero-order valence-corrected chi connectivity index (χ0v) is 19.0. The molecule has 0 N–H and O–H groups in total. The Bertz CT molecular complexity index is 1080. The highest BCUT2D eigenvalue weighted by Gasteiger charge is 2.32. The molecule has 1 aliphatic rings. The molecule has 0 saturated heterocycles. The quantitative estimate of drug-likeness (QED) is 0.480. The third-order valence-electron chi connectivity index (χ3n) is 6.13. The summed E-state index contributed by atoms with van der Waals surface area (Å²) in [5.74, 6) is 0.527. The molecule has 5 heteroatoms. The second-order valence-electron chi connectivity index (χ2n) is 8.33. The Balaban J connectivity index is 1.67. The zero-order chi connectivity index (χ0) is 23.2. The summed E-state index contributed by atoms with van der Waals surface area (Å²) in [5.41, 5.74) is 3.06. The summed E-state index contributed by atoms with van der Waals surface area (Å²) in [7, 11) is 1.64. The molecule has 3 aromatic carbocycles. The van der Waals surface area contributed by atoms with Gasteiger partial charge in [0.25, 0.3) is 0 Å². The molecule has 0 spiro atoms. The molecule has 0 radical (unpaired) electrons. The van der Waals surface area contributed by atoms with Gasteiger partial charge in [-0.15, -0.1) is 0 Å². The van der Waals surface area contributed by atoms with Gasteiger partial charge in [0.05, 0.1) is 19.2 Å². The first-order valence-electron chi connectivity index (χ1n) is 11.2. The van der Waals surface area contributed by atoms with E-state index in [1.807, 2.05) is 54.3 Å². The van der Waals surface area contributed by atoms with Gasteiger partial charge in [-0.1, -0.05) is 66.7 Å². The van der Waals surface area contributed by atoms with Gasteiger partial charge in [0.15, 0.2) is 0 Å². The fraction of sp³-hybridized carbons (Fsp3) is 0.250. The summed E-state index contributed by atoms with van der Waals surface area (Å²) in [6, 6.07) is 23.8. The van der Waals surface area contributed by atoms with Crippen molar-refractivity contribution in [2.75, 3.05) is 13.7 Å². The lowest BCUT2D eigenvalue weighted by Gasteiger charge is -2.38. The molecule has 0 aromatic heterocycles. The molecule has 2 atom stereocenters. The Labute approximate surface area is 194 Å². The average Bonchev–Trinajstić information content (AvgIpc) is 2.85. The third kappa shape index (κ3) is 5.49. The number of amides is 1. The van der Waals surface area contributed by atoms with Crippen LogP contribution in [-0.4, -0.2) is 35.4 Å². The summed E-state index contributed by atoms with van der Waals surface area (Å²) in [6.45, 7) is 3.73. The lowest BCUT2D eigenvalue weighted by atomic mass is 10.00. The fourth-order valence-corrected chi connectivity index (χ4v) is 4.19. The fourth-order valence-electron chi connectivity index (χ4n) is 4.19. The van der Waals surface area contributed by atoms with Crippen LogP contribution in [0.25, 0.3) is 0 Å². The summed E-state index contributed by atoms with van der Waals surface area (Å²) in [5, 5.41) is 0. The van der Waals surface area contributed by atoms with E-state index in [1.54, 1.807) is 19.2 Å². The van der Waals surface area contributed by atoms with E-state index >= 15 is 0 Å². The Kier molecular flexibility index (Phi) is 7.20.